The number of nitrogens with two attached hydrogens (primary N) is 1. The molecule has 0 aromatic carbocycles. The molecule has 0 spiro atoms. The molecule has 0 saturated carbocycles. The van der Waals surface area contributed by atoms with Gasteiger partial charge in [-0.2, -0.15) is 0 Å². The maximum atomic E-state index is 6.19. The monoisotopic (exact) mass is 458 g/mol. The number of rotatable bonds is 10. The highest BCUT2D eigenvalue weighted by Gasteiger charge is 2.09. The van der Waals surface area contributed by atoms with Gasteiger partial charge in [-0.25, -0.2) is 0 Å². The van der Waals surface area contributed by atoms with Gasteiger partial charge in [-0.15, -0.1) is 0 Å². The van der Waals surface area contributed by atoms with E-state index in [2.05, 4.69) is 38.9 Å². The van der Waals surface area contributed by atoms with Gasteiger partial charge in [-0.3, -0.25) is 0 Å². The molecule has 6 nitrogen and oxygen atoms in total. The van der Waals surface area contributed by atoms with Crippen LogP contribution in [0.15, 0.2) is 60.1 Å². The molecule has 2 aliphatic heterocycles. The Labute approximate surface area is 200 Å². The number of nitrogens with zero attached hydrogens (tertiary/aromatic N) is 2. The first-order valence-corrected chi connectivity index (χ1v) is 12.3. The number of nitrogens with one attached hydrogen (secondary N) is 3. The van der Waals surface area contributed by atoms with Crippen molar-refractivity contribution in [1.29, 1.82) is 0 Å². The lowest BCUT2D eigenvalue weighted by Crippen LogP contribution is -2.44. The number of allylic oxidation sites excluding steroid dienone is 6. The lowest BCUT2D eigenvalue weighted by molar-refractivity contribution is 0.282. The van der Waals surface area contributed by atoms with Gasteiger partial charge in [-0.05, 0) is 81.3 Å². The van der Waals surface area contributed by atoms with Gasteiger partial charge >= 0.3 is 0 Å². The topological polar surface area (TPSA) is 68.6 Å². The van der Waals surface area contributed by atoms with Crippen LogP contribution in [0.5, 0.6) is 0 Å². The van der Waals surface area contributed by atoms with E-state index in [0.717, 1.165) is 68.4 Å². The van der Waals surface area contributed by atoms with E-state index < -0.39 is 0 Å². The number of likely N-dealkylation sites (tertiary alicyclic amines) is 1. The molecule has 5 N–H and O–H groups in total. The molecule has 32 heavy (non-hydrogen) atoms. The Morgan fingerprint density at radius 1 is 1.03 bits per heavy atom. The van der Waals surface area contributed by atoms with Gasteiger partial charge < -0.3 is 31.5 Å². The third kappa shape index (κ3) is 10.5. The van der Waals surface area contributed by atoms with Crippen molar-refractivity contribution in [3.05, 3.63) is 60.1 Å². The molecule has 0 aromatic rings. The average molecular weight is 459 g/mol. The van der Waals surface area contributed by atoms with Gasteiger partial charge in [0.1, 0.15) is 0 Å². The quantitative estimate of drug-likeness (QED) is 0.228. The van der Waals surface area contributed by atoms with Crippen molar-refractivity contribution in [2.45, 2.75) is 39.0 Å². The van der Waals surface area contributed by atoms with Crippen molar-refractivity contribution in [1.82, 2.24) is 25.8 Å². The lowest BCUT2D eigenvalue weighted by Gasteiger charge is -2.29. The molecule has 2 aliphatic rings. The highest BCUT2D eigenvalue weighted by Crippen LogP contribution is 2.11. The number of piperazine rings is 1. The van der Waals surface area contributed by atoms with Crippen LogP contribution in [0, 0.1) is 0 Å². The molecule has 0 unspecified atom stereocenters. The van der Waals surface area contributed by atoms with Gasteiger partial charge in [0.05, 0.1) is 5.82 Å². The second-order valence-corrected chi connectivity index (χ2v) is 8.96. The van der Waals surface area contributed by atoms with Crippen molar-refractivity contribution >= 4 is 17.3 Å². The summed E-state index contributed by atoms with van der Waals surface area (Å²) in [5, 5.41) is 10.4. The van der Waals surface area contributed by atoms with Crippen molar-refractivity contribution in [3.8, 4) is 0 Å². The number of thiocarbonyl (C=S) groups is 1. The second kappa shape index (κ2) is 14.9. The molecular formula is C25H42N6S. The van der Waals surface area contributed by atoms with Crippen LogP contribution in [0.25, 0.3) is 0 Å². The molecule has 7 heteroatoms. The Morgan fingerprint density at radius 2 is 1.72 bits per heavy atom. The molecule has 0 aromatic heterocycles. The maximum Gasteiger partial charge on any atom is 0.170 e. The van der Waals surface area contributed by atoms with Crippen LogP contribution in [0.4, 0.5) is 0 Å². The third-order valence-corrected chi connectivity index (χ3v) is 6.13. The van der Waals surface area contributed by atoms with Crippen LogP contribution in [0.1, 0.15) is 39.0 Å². The summed E-state index contributed by atoms with van der Waals surface area (Å²) in [4.78, 5) is 4.76. The van der Waals surface area contributed by atoms with Crippen LogP contribution in [0.3, 0.4) is 0 Å². The van der Waals surface area contributed by atoms with Crippen LogP contribution >= 0.6 is 12.2 Å². The van der Waals surface area contributed by atoms with E-state index >= 15 is 0 Å². The highest BCUT2D eigenvalue weighted by molar-refractivity contribution is 7.80. The largest absolute Gasteiger partial charge is 0.385 e. The Kier molecular flexibility index (Phi) is 12.2. The summed E-state index contributed by atoms with van der Waals surface area (Å²) in [6.07, 6.45) is 14.3. The summed E-state index contributed by atoms with van der Waals surface area (Å²) in [5.74, 6) is 0.793. The van der Waals surface area contributed by atoms with Gasteiger partial charge in [0.2, 0.25) is 0 Å². The number of hydrogen-bond donors (Lipinski definition) is 4. The van der Waals surface area contributed by atoms with Gasteiger partial charge in [-0.1, -0.05) is 38.2 Å². The number of hydrogen-bond acceptors (Lipinski definition) is 5. The zero-order valence-corrected chi connectivity index (χ0v) is 20.6. The molecule has 0 aliphatic carbocycles. The maximum absolute atomic E-state index is 6.19. The summed E-state index contributed by atoms with van der Waals surface area (Å²) in [5.41, 5.74) is 8.90. The standard InChI is InChI=1S/C25H42N6S/c1-21(22(2)10-12-24(26)31-19-14-27-15-20-31)9-11-23(3)29-25(32)28-13-8-18-30-16-6-4-5-7-17-30/h9-12,27H,1,3-8,13-20,26H2,2H3,(H2,28,29,32)/b11-9-,22-10-,24-12+. The molecule has 0 bridgehead atoms. The first-order chi connectivity index (χ1) is 15.5. The lowest BCUT2D eigenvalue weighted by atomic mass is 10.1. The van der Waals surface area contributed by atoms with Crippen LogP contribution < -0.4 is 21.7 Å². The Balaban J connectivity index is 1.66. The van der Waals surface area contributed by atoms with Crippen molar-refractivity contribution in [3.63, 3.8) is 0 Å². The van der Waals surface area contributed by atoms with Crippen molar-refractivity contribution in [2.24, 2.45) is 5.73 Å². The summed E-state index contributed by atoms with van der Waals surface area (Å²) < 4.78 is 0. The Morgan fingerprint density at radius 3 is 2.41 bits per heavy atom. The molecular weight excluding hydrogens is 416 g/mol. The van der Waals surface area contributed by atoms with E-state index in [1.807, 2.05) is 31.2 Å². The summed E-state index contributed by atoms with van der Waals surface area (Å²) in [6, 6.07) is 0. The molecule has 2 saturated heterocycles. The van der Waals surface area contributed by atoms with E-state index in [4.69, 9.17) is 18.0 Å². The molecule has 0 atom stereocenters. The zero-order chi connectivity index (χ0) is 23.2. The van der Waals surface area contributed by atoms with Gasteiger partial charge in [0.25, 0.3) is 0 Å². The fourth-order valence-electron chi connectivity index (χ4n) is 3.77. The van der Waals surface area contributed by atoms with Gasteiger partial charge in [0.15, 0.2) is 5.11 Å². The van der Waals surface area contributed by atoms with Crippen LogP contribution in [-0.4, -0.2) is 67.3 Å². The van der Waals surface area contributed by atoms with E-state index in [9.17, 15) is 0 Å². The van der Waals surface area contributed by atoms with E-state index in [-0.39, 0.29) is 0 Å². The molecule has 2 rings (SSSR count). The summed E-state index contributed by atoms with van der Waals surface area (Å²) >= 11 is 5.39. The Bertz CT molecular complexity index is 710. The first-order valence-electron chi connectivity index (χ1n) is 11.9. The average Bonchev–Trinajstić information content (AvgIpc) is 3.08. The minimum atomic E-state index is 0.611. The predicted molar refractivity (Wildman–Crippen MR) is 141 cm³/mol. The zero-order valence-electron chi connectivity index (χ0n) is 19.8. The fourth-order valence-corrected chi connectivity index (χ4v) is 4.01. The Hall–Kier alpha value is -2.09. The smallest absolute Gasteiger partial charge is 0.170 e. The normalized spacial score (nSPS) is 19.0. The van der Waals surface area contributed by atoms with Crippen molar-refractivity contribution < 1.29 is 0 Å². The highest BCUT2D eigenvalue weighted by atomic mass is 32.1. The summed E-state index contributed by atoms with van der Waals surface area (Å²) in [7, 11) is 0. The SMILES string of the molecule is C=C(/C=C\C(=C)/C(C)=C\C=C(/N)N1CCNCC1)NC(=S)NCCCN1CCCCCC1. The fraction of sp³-hybridized carbons (Fsp3) is 0.560. The third-order valence-electron chi connectivity index (χ3n) is 5.89. The second-order valence-electron chi connectivity index (χ2n) is 8.55. The van der Waals surface area contributed by atoms with Crippen LogP contribution in [-0.2, 0) is 0 Å². The summed E-state index contributed by atoms with van der Waals surface area (Å²) in [6.45, 7) is 18.5. The molecule has 178 valence electrons. The molecule has 2 heterocycles. The van der Waals surface area contributed by atoms with E-state index in [0.29, 0.717) is 5.11 Å². The van der Waals surface area contributed by atoms with E-state index in [1.54, 1.807) is 0 Å². The predicted octanol–water partition coefficient (Wildman–Crippen LogP) is 2.99. The molecule has 0 amide bonds. The van der Waals surface area contributed by atoms with Gasteiger partial charge in [0, 0.05) is 38.4 Å². The van der Waals surface area contributed by atoms with E-state index in [1.165, 1.54) is 38.8 Å². The molecule has 0 radical (unpaired) electrons. The van der Waals surface area contributed by atoms with Crippen LogP contribution in [0.2, 0.25) is 0 Å². The minimum Gasteiger partial charge on any atom is -0.385 e. The van der Waals surface area contributed by atoms with Crippen molar-refractivity contribution in [2.75, 3.05) is 52.4 Å². The minimum absolute atomic E-state index is 0.611. The first kappa shape index (κ1) is 26.2. The molecule has 2 fully saturated rings.